The number of rotatable bonds is 8. The maximum Gasteiger partial charge on any atom is 0.263 e. The molecule has 1 aromatic carbocycles. The molecular formula is C27H32N2O3S. The maximum atomic E-state index is 13.9. The van der Waals surface area contributed by atoms with Crippen LogP contribution in [-0.4, -0.2) is 14.7 Å². The molecule has 3 heterocycles. The summed E-state index contributed by atoms with van der Waals surface area (Å²) in [5.74, 6) is 2.53. The number of thiophene rings is 1. The van der Waals surface area contributed by atoms with Crippen molar-refractivity contribution in [2.45, 2.75) is 77.7 Å². The molecule has 5 nitrogen and oxygen atoms in total. The Bertz CT molecular complexity index is 1300. The van der Waals surface area contributed by atoms with Crippen LogP contribution in [0.2, 0.25) is 0 Å². The third-order valence-corrected chi connectivity index (χ3v) is 8.19. The van der Waals surface area contributed by atoms with Crippen LogP contribution in [0, 0.1) is 5.92 Å². The van der Waals surface area contributed by atoms with Gasteiger partial charge in [-0.1, -0.05) is 51.5 Å². The number of hydrogen-bond donors (Lipinski definition) is 1. The topological polar surface area (TPSA) is 68.3 Å². The Balaban J connectivity index is 1.64. The predicted molar refractivity (Wildman–Crippen MR) is 134 cm³/mol. The molecule has 5 rings (SSSR count). The number of aromatic hydroxyl groups is 1. The lowest BCUT2D eigenvalue weighted by molar-refractivity contribution is 0.335. The largest absolute Gasteiger partial charge is 0.506 e. The monoisotopic (exact) mass is 464 g/mol. The van der Waals surface area contributed by atoms with E-state index in [2.05, 4.69) is 6.92 Å². The van der Waals surface area contributed by atoms with Gasteiger partial charge in [-0.25, -0.2) is 4.98 Å². The molecule has 0 bridgehead atoms. The molecule has 1 saturated carbocycles. The zero-order valence-corrected chi connectivity index (χ0v) is 20.1. The Morgan fingerprint density at radius 1 is 1.15 bits per heavy atom. The summed E-state index contributed by atoms with van der Waals surface area (Å²) in [5.41, 5.74) is 1.10. The molecule has 1 aliphatic carbocycles. The van der Waals surface area contributed by atoms with Gasteiger partial charge in [0.25, 0.3) is 5.56 Å². The van der Waals surface area contributed by atoms with Gasteiger partial charge in [-0.15, -0.1) is 11.3 Å². The fourth-order valence-electron chi connectivity index (χ4n) is 5.25. The Morgan fingerprint density at radius 3 is 2.76 bits per heavy atom. The van der Waals surface area contributed by atoms with Crippen molar-refractivity contribution in [3.63, 3.8) is 0 Å². The second kappa shape index (κ2) is 9.72. The van der Waals surface area contributed by atoms with E-state index in [0.29, 0.717) is 11.9 Å². The number of aromatic nitrogens is 2. The molecule has 0 unspecified atom stereocenters. The molecule has 1 fully saturated rings. The number of benzene rings is 1. The number of aryl methyl sites for hydroxylation is 2. The first-order valence-corrected chi connectivity index (χ1v) is 13.2. The van der Waals surface area contributed by atoms with E-state index in [-0.39, 0.29) is 11.3 Å². The highest BCUT2D eigenvalue weighted by molar-refractivity contribution is 7.25. The molecule has 1 N–H and O–H groups in total. The molecular weight excluding hydrogens is 432 g/mol. The molecule has 0 radical (unpaired) electrons. The van der Waals surface area contributed by atoms with E-state index in [1.807, 2.05) is 22.8 Å². The molecule has 0 amide bonds. The van der Waals surface area contributed by atoms with Gasteiger partial charge in [-0.05, 0) is 48.9 Å². The van der Waals surface area contributed by atoms with E-state index >= 15 is 0 Å². The fourth-order valence-corrected chi connectivity index (χ4v) is 6.39. The zero-order valence-electron chi connectivity index (χ0n) is 19.3. The van der Waals surface area contributed by atoms with E-state index in [1.165, 1.54) is 43.4 Å². The number of phenolic OH excluding ortho intramolecular Hbond substituents is 1. The predicted octanol–water partition coefficient (Wildman–Crippen LogP) is 6.81. The van der Waals surface area contributed by atoms with Crippen molar-refractivity contribution in [1.82, 2.24) is 9.55 Å². The highest BCUT2D eigenvalue weighted by atomic mass is 32.1. The van der Waals surface area contributed by atoms with Gasteiger partial charge < -0.3 is 9.52 Å². The third-order valence-electron chi connectivity index (χ3n) is 7.08. The number of hydrogen-bond acceptors (Lipinski definition) is 5. The summed E-state index contributed by atoms with van der Waals surface area (Å²) in [6, 6.07) is 7.49. The standard InChI is InChI=1S/C27H32N2O3S/c1-2-3-10-19-13-14-21(30)25-23(19)24-26(33-25)28-22(15-12-18-8-5-4-6-9-18)29(27(24)31)17-20-11-7-16-32-20/h7,11,13-14,16,18,30H,2-6,8-10,12,15,17H2,1H3. The number of phenols is 1. The van der Waals surface area contributed by atoms with Gasteiger partial charge in [0.2, 0.25) is 0 Å². The number of furan rings is 1. The molecule has 4 aromatic rings. The zero-order chi connectivity index (χ0) is 22.8. The van der Waals surface area contributed by atoms with Gasteiger partial charge in [0, 0.05) is 11.8 Å². The molecule has 0 spiro atoms. The highest BCUT2D eigenvalue weighted by Crippen LogP contribution is 2.39. The third kappa shape index (κ3) is 4.45. The molecule has 174 valence electrons. The Hall–Kier alpha value is -2.60. The van der Waals surface area contributed by atoms with Crippen molar-refractivity contribution in [3.05, 3.63) is 58.0 Å². The lowest BCUT2D eigenvalue weighted by Crippen LogP contribution is -2.26. The summed E-state index contributed by atoms with van der Waals surface area (Å²) in [6.45, 7) is 2.55. The van der Waals surface area contributed by atoms with Crippen LogP contribution in [0.15, 0.2) is 39.7 Å². The van der Waals surface area contributed by atoms with Gasteiger partial charge in [0.15, 0.2) is 0 Å². The number of nitrogens with zero attached hydrogens (tertiary/aromatic N) is 2. The Labute approximate surface area is 198 Å². The summed E-state index contributed by atoms with van der Waals surface area (Å²) in [7, 11) is 0. The average molecular weight is 465 g/mol. The summed E-state index contributed by atoms with van der Waals surface area (Å²) in [5, 5.41) is 12.1. The van der Waals surface area contributed by atoms with Crippen LogP contribution in [0.1, 0.15) is 75.4 Å². The Morgan fingerprint density at radius 2 is 2.00 bits per heavy atom. The van der Waals surface area contributed by atoms with Crippen LogP contribution < -0.4 is 5.56 Å². The molecule has 0 saturated heterocycles. The van der Waals surface area contributed by atoms with Gasteiger partial charge in [-0.2, -0.15) is 0 Å². The number of fused-ring (bicyclic) bond motifs is 3. The van der Waals surface area contributed by atoms with Crippen LogP contribution in [-0.2, 0) is 19.4 Å². The van der Waals surface area contributed by atoms with Crippen LogP contribution in [0.5, 0.6) is 5.75 Å². The minimum atomic E-state index is -0.0235. The van der Waals surface area contributed by atoms with Crippen molar-refractivity contribution in [1.29, 1.82) is 0 Å². The van der Waals surface area contributed by atoms with Crippen LogP contribution >= 0.6 is 11.3 Å². The first kappa shape index (κ1) is 22.2. The SMILES string of the molecule is CCCCc1ccc(O)c2sc3nc(CCC4CCCCC4)n(Cc4ccco4)c(=O)c3c12. The maximum absolute atomic E-state index is 13.9. The van der Waals surface area contributed by atoms with Crippen molar-refractivity contribution >= 4 is 31.6 Å². The van der Waals surface area contributed by atoms with Gasteiger partial charge in [0.05, 0.1) is 22.9 Å². The first-order valence-electron chi connectivity index (χ1n) is 12.3. The molecule has 1 aliphatic rings. The van der Waals surface area contributed by atoms with Crippen molar-refractivity contribution in [2.75, 3.05) is 0 Å². The van der Waals surface area contributed by atoms with Crippen LogP contribution in [0.3, 0.4) is 0 Å². The lowest BCUT2D eigenvalue weighted by atomic mass is 9.86. The smallest absolute Gasteiger partial charge is 0.263 e. The molecule has 3 aromatic heterocycles. The van der Waals surface area contributed by atoms with E-state index in [9.17, 15) is 9.90 Å². The van der Waals surface area contributed by atoms with Gasteiger partial charge in [-0.3, -0.25) is 9.36 Å². The first-order chi connectivity index (χ1) is 16.2. The number of unbranched alkanes of at least 4 members (excludes halogenated alkanes) is 1. The average Bonchev–Trinajstić information content (AvgIpc) is 3.48. The quantitative estimate of drug-likeness (QED) is 0.311. The van der Waals surface area contributed by atoms with E-state index < -0.39 is 0 Å². The van der Waals surface area contributed by atoms with Crippen molar-refractivity contribution < 1.29 is 9.52 Å². The van der Waals surface area contributed by atoms with Gasteiger partial charge >= 0.3 is 0 Å². The summed E-state index contributed by atoms with van der Waals surface area (Å²) < 4.78 is 8.18. The van der Waals surface area contributed by atoms with E-state index in [4.69, 9.17) is 9.40 Å². The molecule has 6 heteroatoms. The summed E-state index contributed by atoms with van der Waals surface area (Å²) in [4.78, 5) is 19.7. The van der Waals surface area contributed by atoms with Crippen molar-refractivity contribution in [2.24, 2.45) is 5.92 Å². The van der Waals surface area contributed by atoms with Crippen LogP contribution in [0.4, 0.5) is 0 Å². The lowest BCUT2D eigenvalue weighted by Gasteiger charge is -2.21. The highest BCUT2D eigenvalue weighted by Gasteiger charge is 2.22. The molecule has 0 aliphatic heterocycles. The van der Waals surface area contributed by atoms with Crippen molar-refractivity contribution in [3.8, 4) is 5.75 Å². The van der Waals surface area contributed by atoms with Gasteiger partial charge in [0.1, 0.15) is 22.2 Å². The normalized spacial score (nSPS) is 15.1. The molecule has 0 atom stereocenters. The summed E-state index contributed by atoms with van der Waals surface area (Å²) in [6.07, 6.45) is 13.0. The second-order valence-corrected chi connectivity index (χ2v) is 10.4. The fraction of sp³-hybridized carbons (Fsp3) is 0.481. The minimum absolute atomic E-state index is 0.0235. The van der Waals surface area contributed by atoms with Crippen LogP contribution in [0.25, 0.3) is 20.3 Å². The van der Waals surface area contributed by atoms with E-state index in [1.54, 1.807) is 12.3 Å². The molecule has 33 heavy (non-hydrogen) atoms. The Kier molecular flexibility index (Phi) is 6.54. The van der Waals surface area contributed by atoms with E-state index in [0.717, 1.165) is 70.1 Å². The minimum Gasteiger partial charge on any atom is -0.506 e. The second-order valence-electron chi connectivity index (χ2n) is 9.38. The summed E-state index contributed by atoms with van der Waals surface area (Å²) >= 11 is 1.44.